The smallest absolute Gasteiger partial charge is 0.123 e. The first kappa shape index (κ1) is 20.4. The van der Waals surface area contributed by atoms with Crippen LogP contribution in [0, 0.1) is 6.92 Å². The maximum absolute atomic E-state index is 6.29. The van der Waals surface area contributed by atoms with Gasteiger partial charge in [-0.15, -0.1) is 0 Å². The van der Waals surface area contributed by atoms with Crippen LogP contribution in [0.5, 0.6) is 5.75 Å². The topological polar surface area (TPSA) is 38.2 Å². The van der Waals surface area contributed by atoms with Crippen LogP contribution in [-0.4, -0.2) is 27.5 Å². The molecule has 0 N–H and O–H groups in total. The van der Waals surface area contributed by atoms with Crippen molar-refractivity contribution in [3.8, 4) is 17.0 Å². The van der Waals surface area contributed by atoms with E-state index in [0.717, 1.165) is 42.2 Å². The molecule has 0 aliphatic carbocycles. The number of hydrogen-bond donors (Lipinski definition) is 0. The minimum absolute atomic E-state index is 0.266. The van der Waals surface area contributed by atoms with Crippen molar-refractivity contribution in [2.24, 2.45) is 0 Å². The summed E-state index contributed by atoms with van der Waals surface area (Å²) in [5, 5.41) is 0. The summed E-state index contributed by atoms with van der Waals surface area (Å²) in [7, 11) is 0. The fraction of sp³-hybridized carbons (Fsp3) is 0.214. The van der Waals surface area contributed by atoms with E-state index in [0.29, 0.717) is 6.61 Å². The average Bonchev–Trinajstić information content (AvgIpc) is 2.84. The van der Waals surface area contributed by atoms with Crippen molar-refractivity contribution in [1.29, 1.82) is 0 Å². The summed E-state index contributed by atoms with van der Waals surface area (Å²) in [5.41, 5.74) is 6.78. The van der Waals surface area contributed by atoms with Gasteiger partial charge >= 0.3 is 0 Å². The molecule has 0 saturated carbocycles. The first-order chi connectivity index (χ1) is 15.8. The Balaban J connectivity index is 1.47. The molecule has 0 amide bonds. The number of aryl methyl sites for hydroxylation is 1. The Kier molecular flexibility index (Phi) is 5.95. The van der Waals surface area contributed by atoms with E-state index in [2.05, 4.69) is 82.7 Å². The zero-order valence-electron chi connectivity index (χ0n) is 18.3. The van der Waals surface area contributed by atoms with Gasteiger partial charge in [0.2, 0.25) is 0 Å². The van der Waals surface area contributed by atoms with Crippen molar-refractivity contribution >= 4 is 0 Å². The van der Waals surface area contributed by atoms with Crippen molar-refractivity contribution in [1.82, 2.24) is 14.9 Å². The third-order valence-corrected chi connectivity index (χ3v) is 6.01. The average molecular weight is 422 g/mol. The summed E-state index contributed by atoms with van der Waals surface area (Å²) < 4.78 is 6.29. The third kappa shape index (κ3) is 4.56. The highest BCUT2D eigenvalue weighted by molar-refractivity contribution is 5.67. The monoisotopic (exact) mass is 421 g/mol. The highest BCUT2D eigenvalue weighted by Gasteiger charge is 2.28. The standard InChI is InChI=1S/C28H27N3O/c1-21-16-29-17-27(30-21)25-13-8-14-28-26(25)15-24(20-32-28)31(18-22-9-4-2-5-10-22)19-23-11-6-3-7-12-23/h2-14,16-17,24H,15,18-20H2,1H3/t24-/m0/s1. The first-order valence-electron chi connectivity index (χ1n) is 11.1. The van der Waals surface area contributed by atoms with Crippen LogP contribution >= 0.6 is 0 Å². The molecule has 1 atom stereocenters. The van der Waals surface area contributed by atoms with Gasteiger partial charge in [0.05, 0.1) is 17.6 Å². The van der Waals surface area contributed by atoms with Crippen LogP contribution in [0.25, 0.3) is 11.3 Å². The van der Waals surface area contributed by atoms with E-state index in [-0.39, 0.29) is 6.04 Å². The molecule has 160 valence electrons. The highest BCUT2D eigenvalue weighted by Crippen LogP contribution is 2.35. The van der Waals surface area contributed by atoms with Crippen LogP contribution in [-0.2, 0) is 19.5 Å². The number of aromatic nitrogens is 2. The van der Waals surface area contributed by atoms with Gasteiger partial charge in [-0.2, -0.15) is 0 Å². The molecule has 4 aromatic rings. The molecule has 1 aliphatic heterocycles. The summed E-state index contributed by atoms with van der Waals surface area (Å²) in [4.78, 5) is 11.6. The summed E-state index contributed by atoms with van der Waals surface area (Å²) in [5.74, 6) is 0.960. The molecule has 0 fully saturated rings. The van der Waals surface area contributed by atoms with E-state index in [9.17, 15) is 0 Å². The molecule has 0 saturated heterocycles. The van der Waals surface area contributed by atoms with Gasteiger partial charge in [-0.1, -0.05) is 72.8 Å². The molecule has 0 bridgehead atoms. The predicted octanol–water partition coefficient (Wildman–Crippen LogP) is 5.46. The molecule has 0 spiro atoms. The number of nitrogens with zero attached hydrogens (tertiary/aromatic N) is 3. The van der Waals surface area contributed by atoms with Crippen LogP contribution in [0.2, 0.25) is 0 Å². The van der Waals surface area contributed by atoms with Crippen LogP contribution in [0.4, 0.5) is 0 Å². The second-order valence-corrected chi connectivity index (χ2v) is 8.37. The lowest BCUT2D eigenvalue weighted by atomic mass is 9.94. The maximum Gasteiger partial charge on any atom is 0.123 e. The van der Waals surface area contributed by atoms with Crippen molar-refractivity contribution in [3.63, 3.8) is 0 Å². The van der Waals surface area contributed by atoms with E-state index in [1.54, 1.807) is 6.20 Å². The lowest BCUT2D eigenvalue weighted by molar-refractivity contribution is 0.106. The number of benzene rings is 3. The van der Waals surface area contributed by atoms with Crippen LogP contribution in [0.1, 0.15) is 22.4 Å². The molecule has 1 aromatic heterocycles. The van der Waals surface area contributed by atoms with E-state index in [4.69, 9.17) is 9.72 Å². The maximum atomic E-state index is 6.29. The highest BCUT2D eigenvalue weighted by atomic mass is 16.5. The lowest BCUT2D eigenvalue weighted by Crippen LogP contribution is -2.42. The Morgan fingerprint density at radius 2 is 1.53 bits per heavy atom. The molecule has 0 radical (unpaired) electrons. The van der Waals surface area contributed by atoms with Crippen molar-refractivity contribution in [3.05, 3.63) is 114 Å². The fourth-order valence-corrected chi connectivity index (χ4v) is 4.41. The van der Waals surface area contributed by atoms with Crippen molar-refractivity contribution < 1.29 is 4.74 Å². The van der Waals surface area contributed by atoms with Gasteiger partial charge in [0.1, 0.15) is 12.4 Å². The normalized spacial score (nSPS) is 15.2. The number of ether oxygens (including phenoxy) is 1. The molecular weight excluding hydrogens is 394 g/mol. The minimum atomic E-state index is 0.266. The summed E-state index contributed by atoms with van der Waals surface area (Å²) >= 11 is 0. The molecule has 32 heavy (non-hydrogen) atoms. The van der Waals surface area contributed by atoms with Crippen LogP contribution in [0.15, 0.2) is 91.3 Å². The summed E-state index contributed by atoms with van der Waals surface area (Å²) in [6.07, 6.45) is 4.55. The molecule has 0 unspecified atom stereocenters. The van der Waals surface area contributed by atoms with E-state index < -0.39 is 0 Å². The largest absolute Gasteiger partial charge is 0.492 e. The van der Waals surface area contributed by atoms with Gasteiger partial charge in [-0.3, -0.25) is 9.88 Å². The predicted molar refractivity (Wildman–Crippen MR) is 127 cm³/mol. The lowest BCUT2D eigenvalue weighted by Gasteiger charge is -2.36. The molecule has 5 rings (SSSR count). The zero-order valence-corrected chi connectivity index (χ0v) is 18.3. The third-order valence-electron chi connectivity index (χ3n) is 6.01. The Morgan fingerprint density at radius 1 is 0.844 bits per heavy atom. The Labute approximate surface area is 189 Å². The van der Waals surface area contributed by atoms with Gasteiger partial charge in [-0.25, -0.2) is 4.98 Å². The minimum Gasteiger partial charge on any atom is -0.492 e. The summed E-state index contributed by atoms with van der Waals surface area (Å²) in [6, 6.07) is 27.9. The van der Waals surface area contributed by atoms with E-state index >= 15 is 0 Å². The van der Waals surface area contributed by atoms with Crippen LogP contribution < -0.4 is 4.74 Å². The van der Waals surface area contributed by atoms with Crippen molar-refractivity contribution in [2.45, 2.75) is 32.5 Å². The number of hydrogen-bond acceptors (Lipinski definition) is 4. The number of rotatable bonds is 6. The molecule has 3 aromatic carbocycles. The number of fused-ring (bicyclic) bond motifs is 1. The van der Waals surface area contributed by atoms with Gasteiger partial charge in [0.25, 0.3) is 0 Å². The Morgan fingerprint density at radius 3 is 2.19 bits per heavy atom. The van der Waals surface area contributed by atoms with Crippen molar-refractivity contribution in [2.75, 3.05) is 6.61 Å². The van der Waals surface area contributed by atoms with Gasteiger partial charge in [0.15, 0.2) is 0 Å². The quantitative estimate of drug-likeness (QED) is 0.414. The first-order valence-corrected chi connectivity index (χ1v) is 11.1. The van der Waals surface area contributed by atoms with Gasteiger partial charge in [-0.05, 0) is 30.5 Å². The van der Waals surface area contributed by atoms with E-state index in [1.165, 1.54) is 16.7 Å². The summed E-state index contributed by atoms with van der Waals surface area (Å²) in [6.45, 7) is 4.42. The second kappa shape index (κ2) is 9.33. The molecule has 1 aliphatic rings. The Bertz CT molecular complexity index is 1140. The van der Waals surface area contributed by atoms with Gasteiger partial charge < -0.3 is 4.74 Å². The SMILES string of the molecule is Cc1cncc(-c2cccc3c2C[C@H](N(Cc2ccccc2)Cc2ccccc2)CO3)n1. The molecule has 2 heterocycles. The molecule has 4 heteroatoms. The second-order valence-electron chi connectivity index (χ2n) is 8.37. The van der Waals surface area contributed by atoms with E-state index in [1.807, 2.05) is 19.2 Å². The molecule has 4 nitrogen and oxygen atoms in total. The fourth-order valence-electron chi connectivity index (χ4n) is 4.41. The zero-order chi connectivity index (χ0) is 21.8. The Hall–Kier alpha value is -3.50. The van der Waals surface area contributed by atoms with Gasteiger partial charge in [0, 0.05) is 36.5 Å². The molecular formula is C28H27N3O. The van der Waals surface area contributed by atoms with Crippen LogP contribution in [0.3, 0.4) is 0 Å².